The number of hydrogen-bond donors (Lipinski definition) is 1. The van der Waals surface area contributed by atoms with Gasteiger partial charge in [0.05, 0.1) is 40.1 Å². The first kappa shape index (κ1) is 39.8. The van der Waals surface area contributed by atoms with Gasteiger partial charge >= 0.3 is 0 Å². The summed E-state index contributed by atoms with van der Waals surface area (Å²) >= 11 is 0. The minimum Gasteiger partial charge on any atom is -0.491 e. The molecule has 9 nitrogen and oxygen atoms in total. The molecule has 7 rings (SSSR count). The molecule has 57 heavy (non-hydrogen) atoms. The van der Waals surface area contributed by atoms with Gasteiger partial charge in [-0.25, -0.2) is 8.78 Å². The maximum atomic E-state index is 14.8. The number of hydrogen-bond acceptors (Lipinski definition) is 8. The summed E-state index contributed by atoms with van der Waals surface area (Å²) in [6.45, 7) is 3.06. The third-order valence-electron chi connectivity index (χ3n) is 9.75. The highest BCUT2D eigenvalue weighted by atomic mass is 19.1. The van der Waals surface area contributed by atoms with E-state index in [4.69, 9.17) is 33.2 Å². The van der Waals surface area contributed by atoms with Gasteiger partial charge in [-0.05, 0) is 46.9 Å². The van der Waals surface area contributed by atoms with Crippen molar-refractivity contribution in [2.45, 2.75) is 70.5 Å². The Balaban J connectivity index is 1.24. The molecule has 1 saturated heterocycles. The number of halogens is 2. The van der Waals surface area contributed by atoms with Gasteiger partial charge in [-0.1, -0.05) is 121 Å². The monoisotopic (exact) mass is 776 g/mol. The first-order valence-corrected chi connectivity index (χ1v) is 18.9. The van der Waals surface area contributed by atoms with Crippen molar-refractivity contribution in [2.75, 3.05) is 13.7 Å². The summed E-state index contributed by atoms with van der Waals surface area (Å²) < 4.78 is 74.6. The van der Waals surface area contributed by atoms with E-state index >= 15 is 0 Å². The lowest BCUT2D eigenvalue weighted by Gasteiger charge is -2.45. The summed E-state index contributed by atoms with van der Waals surface area (Å²) in [5.41, 5.74) is 5.50. The zero-order valence-electron chi connectivity index (χ0n) is 31.9. The van der Waals surface area contributed by atoms with E-state index in [0.29, 0.717) is 23.4 Å². The zero-order chi connectivity index (χ0) is 39.4. The maximum absolute atomic E-state index is 14.8. The molecule has 1 fully saturated rings. The second-order valence-corrected chi connectivity index (χ2v) is 13.8. The lowest BCUT2D eigenvalue weighted by molar-refractivity contribution is -0.310. The molecule has 0 bridgehead atoms. The number of methoxy groups -OCH3 is 1. The zero-order valence-corrected chi connectivity index (χ0v) is 31.9. The van der Waals surface area contributed by atoms with Gasteiger partial charge < -0.3 is 33.2 Å². The molecule has 0 radical (unpaired) electrons. The van der Waals surface area contributed by atoms with Crippen molar-refractivity contribution in [3.8, 4) is 11.6 Å². The fraction of sp³-hybridized carbons (Fsp3) is 0.283. The lowest BCUT2D eigenvalue weighted by atomic mass is 9.97. The standard InChI is InChI=1S/C46H46F2N2O7/c1-31-37(23-36-24-38(47)41(51-2)39(48)25-36)45(50-49-31)57-46-44(55-29-35-21-13-6-14-22-35)43(54-28-34-19-11-5-12-20-34)42(53-27-33-17-9-4-10-18-33)40(56-46)30-52-26-32-15-7-3-8-16-32/h3-22,24-25,40,42-44,46H,23,26-30H2,1-2H3,(H,49,50)/t40-,42-,43+,44-,46+/m1/s1. The Bertz CT molecular complexity index is 2100. The number of H-pyrrole nitrogens is 1. The number of rotatable bonds is 18. The second kappa shape index (κ2) is 19.6. The van der Waals surface area contributed by atoms with Gasteiger partial charge in [0.2, 0.25) is 12.2 Å². The first-order chi connectivity index (χ1) is 27.9. The van der Waals surface area contributed by atoms with Crippen molar-refractivity contribution in [1.29, 1.82) is 0 Å². The van der Waals surface area contributed by atoms with Crippen LogP contribution in [0.2, 0.25) is 0 Å². The van der Waals surface area contributed by atoms with Crippen molar-refractivity contribution < 1.29 is 41.9 Å². The Kier molecular flexibility index (Phi) is 13.7. The molecule has 5 atom stereocenters. The van der Waals surface area contributed by atoms with E-state index in [1.54, 1.807) is 0 Å². The molecule has 0 unspecified atom stereocenters. The maximum Gasteiger partial charge on any atom is 0.238 e. The lowest BCUT2D eigenvalue weighted by Crippen LogP contribution is -2.62. The Morgan fingerprint density at radius 2 is 1.09 bits per heavy atom. The molecule has 0 saturated carbocycles. The highest BCUT2D eigenvalue weighted by Gasteiger charge is 2.50. The number of nitrogens with zero attached hydrogens (tertiary/aromatic N) is 1. The van der Waals surface area contributed by atoms with Crippen LogP contribution in [0.15, 0.2) is 133 Å². The second-order valence-electron chi connectivity index (χ2n) is 13.8. The van der Waals surface area contributed by atoms with Crippen LogP contribution < -0.4 is 9.47 Å². The van der Waals surface area contributed by atoms with Gasteiger partial charge in [-0.2, -0.15) is 0 Å². The molecule has 1 aliphatic heterocycles. The summed E-state index contributed by atoms with van der Waals surface area (Å²) in [6, 6.07) is 41.9. The molecule has 0 spiro atoms. The Morgan fingerprint density at radius 1 is 0.614 bits per heavy atom. The topological polar surface area (TPSA) is 93.3 Å². The molecule has 6 aromatic rings. The highest BCUT2D eigenvalue weighted by molar-refractivity contribution is 5.39. The van der Waals surface area contributed by atoms with E-state index in [9.17, 15) is 8.78 Å². The van der Waals surface area contributed by atoms with Crippen LogP contribution in [0.4, 0.5) is 8.78 Å². The molecular weight excluding hydrogens is 731 g/mol. The van der Waals surface area contributed by atoms with Crippen LogP contribution in [-0.2, 0) is 56.5 Å². The fourth-order valence-corrected chi connectivity index (χ4v) is 6.80. The van der Waals surface area contributed by atoms with E-state index in [1.165, 1.54) is 19.2 Å². The predicted molar refractivity (Wildman–Crippen MR) is 209 cm³/mol. The number of benzene rings is 5. The highest BCUT2D eigenvalue weighted by Crippen LogP contribution is 2.34. The minimum atomic E-state index is -1.08. The van der Waals surface area contributed by atoms with Gasteiger partial charge in [0, 0.05) is 17.7 Å². The normalized spacial score (nSPS) is 19.3. The summed E-state index contributed by atoms with van der Waals surface area (Å²) in [6.07, 6.45) is -3.90. The summed E-state index contributed by atoms with van der Waals surface area (Å²) in [7, 11) is 1.22. The Labute approximate surface area is 331 Å². The van der Waals surface area contributed by atoms with Crippen LogP contribution in [0.25, 0.3) is 0 Å². The van der Waals surface area contributed by atoms with E-state index < -0.39 is 48.1 Å². The third kappa shape index (κ3) is 10.5. The van der Waals surface area contributed by atoms with Crippen molar-refractivity contribution >= 4 is 0 Å². The van der Waals surface area contributed by atoms with Gasteiger partial charge in [-0.15, -0.1) is 5.10 Å². The van der Waals surface area contributed by atoms with Crippen LogP contribution >= 0.6 is 0 Å². The first-order valence-electron chi connectivity index (χ1n) is 18.9. The van der Waals surface area contributed by atoms with Gasteiger partial charge in [0.25, 0.3) is 0 Å². The van der Waals surface area contributed by atoms with Crippen molar-refractivity contribution in [1.82, 2.24) is 10.2 Å². The van der Waals surface area contributed by atoms with Crippen molar-refractivity contribution in [3.63, 3.8) is 0 Å². The number of nitrogens with one attached hydrogen (secondary N) is 1. The van der Waals surface area contributed by atoms with Crippen LogP contribution in [0.3, 0.4) is 0 Å². The molecule has 11 heteroatoms. The molecule has 5 aromatic carbocycles. The molecular formula is C46H46F2N2O7. The Morgan fingerprint density at radius 3 is 1.60 bits per heavy atom. The van der Waals surface area contributed by atoms with Crippen LogP contribution in [0.5, 0.6) is 11.6 Å². The van der Waals surface area contributed by atoms with Crippen LogP contribution in [-0.4, -0.2) is 54.6 Å². The van der Waals surface area contributed by atoms with E-state index in [1.807, 2.05) is 128 Å². The quantitative estimate of drug-likeness (QED) is 0.0928. The average molecular weight is 777 g/mol. The third-order valence-corrected chi connectivity index (χ3v) is 9.75. The van der Waals surface area contributed by atoms with E-state index in [0.717, 1.165) is 22.3 Å². The Hall–Kier alpha value is -5.43. The number of ether oxygens (including phenoxy) is 7. The van der Waals surface area contributed by atoms with Gasteiger partial charge in [0.15, 0.2) is 17.4 Å². The van der Waals surface area contributed by atoms with E-state index in [2.05, 4.69) is 10.2 Å². The molecule has 1 N–H and O–H groups in total. The molecule has 296 valence electrons. The van der Waals surface area contributed by atoms with Crippen molar-refractivity contribution in [2.24, 2.45) is 0 Å². The van der Waals surface area contributed by atoms with Crippen LogP contribution in [0, 0.1) is 18.6 Å². The van der Waals surface area contributed by atoms with E-state index in [-0.39, 0.29) is 38.7 Å². The van der Waals surface area contributed by atoms with Gasteiger partial charge in [-0.3, -0.25) is 5.10 Å². The fourth-order valence-electron chi connectivity index (χ4n) is 6.80. The molecule has 1 aromatic heterocycles. The van der Waals surface area contributed by atoms with Gasteiger partial charge in [0.1, 0.15) is 24.4 Å². The molecule has 1 aliphatic rings. The summed E-state index contributed by atoms with van der Waals surface area (Å²) in [5.74, 6) is -1.87. The molecule has 0 aliphatic carbocycles. The van der Waals surface area contributed by atoms with Crippen LogP contribution in [0.1, 0.15) is 39.1 Å². The SMILES string of the molecule is COc1c(F)cc(Cc2c(O[C@@H]3O[C@H](COCc4ccccc4)[C@@H](OCc4ccccc4)[C@H](OCc4ccccc4)[C@H]3OCc3ccccc3)n[nH]c2C)cc1F. The molecule has 0 amide bonds. The predicted octanol–water partition coefficient (Wildman–Crippen LogP) is 8.67. The number of aryl methyl sites for hydroxylation is 1. The average Bonchev–Trinajstić information content (AvgIpc) is 3.57. The largest absolute Gasteiger partial charge is 0.491 e. The molecule has 2 heterocycles. The smallest absolute Gasteiger partial charge is 0.238 e. The number of aromatic nitrogens is 2. The van der Waals surface area contributed by atoms with Crippen molar-refractivity contribution in [3.05, 3.63) is 184 Å². The number of aromatic amines is 1. The summed E-state index contributed by atoms with van der Waals surface area (Å²) in [5, 5.41) is 7.46. The summed E-state index contributed by atoms with van der Waals surface area (Å²) in [4.78, 5) is 0. The minimum absolute atomic E-state index is 0.109.